The third-order valence-corrected chi connectivity index (χ3v) is 7.62. The highest BCUT2D eigenvalue weighted by atomic mass is 19.1. The second kappa shape index (κ2) is 9.38. The lowest BCUT2D eigenvalue weighted by atomic mass is 9.59. The largest absolute Gasteiger partial charge is 0.508 e. The van der Waals surface area contributed by atoms with E-state index in [2.05, 4.69) is 5.32 Å². The molecule has 2 amide bonds. The van der Waals surface area contributed by atoms with Gasteiger partial charge in [0.15, 0.2) is 11.4 Å². The molecule has 3 aliphatic rings. The van der Waals surface area contributed by atoms with Crippen molar-refractivity contribution in [3.63, 3.8) is 0 Å². The number of hydrogen-bond acceptors (Lipinski definition) is 10. The molecule has 0 radical (unpaired) electrons. The van der Waals surface area contributed by atoms with Crippen molar-refractivity contribution in [3.8, 4) is 11.5 Å². The highest BCUT2D eigenvalue weighted by Crippen LogP contribution is 2.53. The zero-order valence-corrected chi connectivity index (χ0v) is 20.7. The number of amides is 2. The Kier molecular flexibility index (Phi) is 6.26. The molecule has 9 N–H and O–H groups in total. The molecule has 5 rings (SSSR count). The maximum absolute atomic E-state index is 13.6. The van der Waals surface area contributed by atoms with Gasteiger partial charge in [0.1, 0.15) is 34.4 Å². The Hall–Kier alpha value is -4.91. The molecule has 0 heterocycles. The van der Waals surface area contributed by atoms with E-state index in [4.69, 9.17) is 16.2 Å². The lowest BCUT2D eigenvalue weighted by Crippen LogP contribution is -2.58. The summed E-state index contributed by atoms with van der Waals surface area (Å²) >= 11 is 0. The van der Waals surface area contributed by atoms with Gasteiger partial charge in [0, 0.05) is 35.7 Å². The Morgan fingerprint density at radius 3 is 2.45 bits per heavy atom. The van der Waals surface area contributed by atoms with Gasteiger partial charge in [-0.2, -0.15) is 0 Å². The fourth-order valence-corrected chi connectivity index (χ4v) is 5.72. The van der Waals surface area contributed by atoms with Crippen molar-refractivity contribution in [1.29, 1.82) is 0 Å². The fourth-order valence-electron chi connectivity index (χ4n) is 5.72. The van der Waals surface area contributed by atoms with Crippen LogP contribution in [0.4, 0.5) is 14.9 Å². The van der Waals surface area contributed by atoms with E-state index >= 15 is 0 Å². The lowest BCUT2D eigenvalue weighted by molar-refractivity contribution is -0.147. The van der Waals surface area contributed by atoms with Gasteiger partial charge >= 0.3 is 6.09 Å². The maximum atomic E-state index is 13.6. The minimum Gasteiger partial charge on any atom is -0.508 e. The Balaban J connectivity index is 1.48. The summed E-state index contributed by atoms with van der Waals surface area (Å²) in [5.74, 6) is -7.90. The fraction of sp³-hybridized carbons (Fsp3) is 0.259. The minimum atomic E-state index is -2.68. The van der Waals surface area contributed by atoms with Gasteiger partial charge in [-0.05, 0) is 54.7 Å². The number of hydrogen-bond donors (Lipinski definition) is 7. The number of phenolic OH excluding ortho intramolecular Hbond substituents is 1. The molecule has 208 valence electrons. The number of nitrogen functional groups attached to an aromatic ring is 1. The molecular weight excluding hydrogens is 529 g/mol. The number of nitrogens with one attached hydrogen (secondary N) is 1. The summed E-state index contributed by atoms with van der Waals surface area (Å²) in [5.41, 5.74) is 7.82. The van der Waals surface area contributed by atoms with Crippen LogP contribution in [0.3, 0.4) is 0 Å². The zero-order chi connectivity index (χ0) is 29.1. The van der Waals surface area contributed by atoms with Crippen LogP contribution in [0.25, 0.3) is 5.76 Å². The molecule has 13 heteroatoms. The average molecular weight is 553 g/mol. The van der Waals surface area contributed by atoms with Crippen molar-refractivity contribution in [2.45, 2.75) is 31.4 Å². The van der Waals surface area contributed by atoms with Crippen LogP contribution in [0.1, 0.15) is 29.5 Å². The molecule has 40 heavy (non-hydrogen) atoms. The summed E-state index contributed by atoms with van der Waals surface area (Å²) < 4.78 is 18.1. The number of anilines is 1. The molecule has 2 aromatic carbocycles. The normalized spacial score (nSPS) is 23.8. The van der Waals surface area contributed by atoms with E-state index < -0.39 is 76.1 Å². The molecule has 2 aromatic rings. The molecule has 0 spiro atoms. The lowest BCUT2D eigenvalue weighted by Gasteiger charge is -2.46. The highest BCUT2D eigenvalue weighted by molar-refractivity contribution is 6.22. The van der Waals surface area contributed by atoms with Gasteiger partial charge in [0.2, 0.25) is 5.78 Å². The molecule has 0 aromatic heterocycles. The monoisotopic (exact) mass is 553 g/mol. The number of rotatable bonds is 4. The molecule has 0 aliphatic heterocycles. The first-order chi connectivity index (χ1) is 18.8. The number of carbonyl (C=O) groups excluding carboxylic acids is 4. The van der Waals surface area contributed by atoms with E-state index in [1.807, 2.05) is 0 Å². The number of ether oxygens (including phenoxy) is 1. The third kappa shape index (κ3) is 4.02. The van der Waals surface area contributed by atoms with E-state index in [1.54, 1.807) is 0 Å². The zero-order valence-electron chi connectivity index (χ0n) is 20.7. The Morgan fingerprint density at radius 2 is 1.80 bits per heavy atom. The van der Waals surface area contributed by atoms with Gasteiger partial charge in [0.05, 0.1) is 5.56 Å². The van der Waals surface area contributed by atoms with Crippen LogP contribution in [0.5, 0.6) is 11.5 Å². The molecule has 3 atom stereocenters. The maximum Gasteiger partial charge on any atom is 0.412 e. The van der Waals surface area contributed by atoms with Crippen LogP contribution in [-0.4, -0.2) is 49.6 Å². The van der Waals surface area contributed by atoms with Gasteiger partial charge < -0.3 is 41.9 Å². The number of Topliss-reactive ketones (excluding diaryl/α,β-unsaturated/α-hetero) is 2. The number of fused-ring (bicyclic) bond motifs is 3. The number of ketones is 2. The van der Waals surface area contributed by atoms with Crippen LogP contribution >= 0.6 is 0 Å². The predicted octanol–water partition coefficient (Wildman–Crippen LogP) is 1.43. The third-order valence-electron chi connectivity index (χ3n) is 7.62. The molecule has 1 fully saturated rings. The van der Waals surface area contributed by atoms with E-state index in [9.17, 15) is 44.0 Å². The van der Waals surface area contributed by atoms with Gasteiger partial charge in [-0.3, -0.25) is 14.4 Å². The first kappa shape index (κ1) is 26.7. The minimum absolute atomic E-state index is 0.0261. The number of halogens is 1. The first-order valence-corrected chi connectivity index (χ1v) is 12.2. The van der Waals surface area contributed by atoms with E-state index in [0.717, 1.165) is 12.1 Å². The van der Waals surface area contributed by atoms with Crippen molar-refractivity contribution >= 4 is 35.0 Å². The van der Waals surface area contributed by atoms with E-state index in [-0.39, 0.29) is 47.5 Å². The molecule has 1 unspecified atom stereocenters. The average Bonchev–Trinajstić information content (AvgIpc) is 2.88. The van der Waals surface area contributed by atoms with Crippen molar-refractivity contribution in [2.24, 2.45) is 17.6 Å². The Bertz CT molecular complexity index is 1560. The SMILES string of the molecule is NC(=O)C1=C(O)[C@@]2(O)C(=O)C3=C(O)c4c(O)c(CNC(=O)Oc5ccc(F)cc5)cc(N)c4CC3C[C@H]2CC1=O. The number of nitrogens with two attached hydrogens (primary N) is 2. The van der Waals surface area contributed by atoms with Gasteiger partial charge in [-0.25, -0.2) is 9.18 Å². The predicted molar refractivity (Wildman–Crippen MR) is 135 cm³/mol. The van der Waals surface area contributed by atoms with Crippen LogP contribution in [0.15, 0.2) is 47.2 Å². The molecule has 1 saturated carbocycles. The first-order valence-electron chi connectivity index (χ1n) is 12.2. The van der Waals surface area contributed by atoms with Gasteiger partial charge in [0.25, 0.3) is 5.91 Å². The number of phenols is 1. The summed E-state index contributed by atoms with van der Waals surface area (Å²) in [6.07, 6.45) is -1.34. The number of carbonyl (C=O) groups is 4. The van der Waals surface area contributed by atoms with E-state index in [1.165, 1.54) is 18.2 Å². The van der Waals surface area contributed by atoms with Crippen LogP contribution in [-0.2, 0) is 27.3 Å². The number of primary amides is 1. The van der Waals surface area contributed by atoms with Crippen LogP contribution in [0.2, 0.25) is 0 Å². The summed E-state index contributed by atoms with van der Waals surface area (Å²) in [4.78, 5) is 49.9. The Labute approximate surface area is 225 Å². The van der Waals surface area contributed by atoms with Gasteiger partial charge in [-0.1, -0.05) is 0 Å². The van der Waals surface area contributed by atoms with Crippen molar-refractivity contribution in [3.05, 3.63) is 69.7 Å². The molecule has 3 aliphatic carbocycles. The van der Waals surface area contributed by atoms with Crippen LogP contribution in [0, 0.1) is 17.7 Å². The van der Waals surface area contributed by atoms with Crippen LogP contribution < -0.4 is 21.5 Å². The standard InChI is InChI=1S/C27H24FN3O9/c28-13-1-3-14(4-2-13)40-26(38)31-9-11-7-16(29)15-6-10-5-12-8-17(32)20(25(30)37)24(36)27(12,39)23(35)18(10)22(34)19(15)21(11)33/h1-4,7,10,12,33-34,36,39H,5-6,8-9,29H2,(H2,30,37)(H,31,38)/t10?,12-,27-/m0/s1. The second-order valence-electron chi connectivity index (χ2n) is 9.93. The quantitative estimate of drug-likeness (QED) is 0.164. The number of aliphatic hydroxyl groups excluding tert-OH is 2. The topological polar surface area (TPSA) is 222 Å². The van der Waals surface area contributed by atoms with Gasteiger partial charge in [-0.15, -0.1) is 0 Å². The molecule has 12 nitrogen and oxygen atoms in total. The Morgan fingerprint density at radius 1 is 1.12 bits per heavy atom. The number of aliphatic hydroxyl groups is 3. The number of benzene rings is 2. The summed E-state index contributed by atoms with van der Waals surface area (Å²) in [6, 6.07) is 6.06. The smallest absolute Gasteiger partial charge is 0.412 e. The van der Waals surface area contributed by atoms with E-state index in [0.29, 0.717) is 5.56 Å². The second-order valence-corrected chi connectivity index (χ2v) is 9.93. The number of aromatic hydroxyl groups is 1. The summed E-state index contributed by atoms with van der Waals surface area (Å²) in [7, 11) is 0. The van der Waals surface area contributed by atoms with Crippen molar-refractivity contribution in [2.75, 3.05) is 5.73 Å². The molecule has 0 bridgehead atoms. The highest BCUT2D eigenvalue weighted by Gasteiger charge is 2.60. The van der Waals surface area contributed by atoms with Crippen molar-refractivity contribution in [1.82, 2.24) is 5.32 Å². The van der Waals surface area contributed by atoms with Crippen molar-refractivity contribution < 1.29 is 48.7 Å². The summed E-state index contributed by atoms with van der Waals surface area (Å²) in [6.45, 7) is -0.317. The molecular formula is C27H24FN3O9. The summed E-state index contributed by atoms with van der Waals surface area (Å²) in [5, 5.41) is 46.5. The molecule has 0 saturated heterocycles.